The van der Waals surface area contributed by atoms with Crippen molar-refractivity contribution in [2.24, 2.45) is 0 Å². The number of nitrogens with one attached hydrogen (secondary N) is 2. The minimum Gasteiger partial charge on any atom is -0.484 e. The SMILES string of the molecule is Cc1cc(=O)oc2cc(OCC(=O)NC(=O)NCc3ccco3)ccc12. The standard InChI is InChI=1S/C18H16N2O6/c1-11-7-17(22)26-15-8-12(4-5-14(11)15)25-10-16(21)20-18(23)19-9-13-3-2-6-24-13/h2-8H,9-10H2,1H3,(H2,19,20,21,23). The zero-order valence-corrected chi connectivity index (χ0v) is 13.9. The first-order valence-corrected chi connectivity index (χ1v) is 7.78. The van der Waals surface area contributed by atoms with E-state index < -0.39 is 17.6 Å². The van der Waals surface area contributed by atoms with Crippen LogP contribution in [0.15, 0.2) is 56.3 Å². The second kappa shape index (κ2) is 7.56. The van der Waals surface area contributed by atoms with Gasteiger partial charge in [-0.15, -0.1) is 0 Å². The summed E-state index contributed by atoms with van der Waals surface area (Å²) in [5.74, 6) is 0.293. The van der Waals surface area contributed by atoms with Crippen molar-refractivity contribution in [1.82, 2.24) is 10.6 Å². The first-order valence-electron chi connectivity index (χ1n) is 7.78. The summed E-state index contributed by atoms with van der Waals surface area (Å²) in [6, 6.07) is 9.05. The fourth-order valence-electron chi connectivity index (χ4n) is 2.33. The summed E-state index contributed by atoms with van der Waals surface area (Å²) in [7, 11) is 0. The number of carbonyl (C=O) groups excluding carboxylic acids is 2. The Hall–Kier alpha value is -3.55. The number of ether oxygens (including phenoxy) is 1. The van der Waals surface area contributed by atoms with Crippen molar-refractivity contribution >= 4 is 22.9 Å². The van der Waals surface area contributed by atoms with E-state index >= 15 is 0 Å². The summed E-state index contributed by atoms with van der Waals surface area (Å²) in [5.41, 5.74) is 0.691. The van der Waals surface area contributed by atoms with E-state index in [1.54, 1.807) is 31.2 Å². The van der Waals surface area contributed by atoms with Crippen LogP contribution >= 0.6 is 0 Å². The van der Waals surface area contributed by atoms with Crippen molar-refractivity contribution in [3.8, 4) is 5.75 Å². The van der Waals surface area contributed by atoms with E-state index in [4.69, 9.17) is 13.6 Å². The molecule has 0 aliphatic rings. The second-order valence-corrected chi connectivity index (χ2v) is 5.51. The third kappa shape index (κ3) is 4.29. The molecule has 3 aromatic rings. The van der Waals surface area contributed by atoms with Crippen LogP contribution in [0.5, 0.6) is 5.75 Å². The molecule has 0 spiro atoms. The molecule has 0 radical (unpaired) electrons. The van der Waals surface area contributed by atoms with Crippen LogP contribution < -0.4 is 21.0 Å². The summed E-state index contributed by atoms with van der Waals surface area (Å²) in [4.78, 5) is 34.8. The van der Waals surface area contributed by atoms with E-state index in [0.717, 1.165) is 10.9 Å². The highest BCUT2D eigenvalue weighted by Gasteiger charge is 2.10. The van der Waals surface area contributed by atoms with Crippen molar-refractivity contribution in [2.45, 2.75) is 13.5 Å². The number of imide groups is 1. The number of furan rings is 1. The molecular formula is C18H16N2O6. The minimum absolute atomic E-state index is 0.163. The number of carbonyl (C=O) groups is 2. The number of aryl methyl sites for hydroxylation is 1. The van der Waals surface area contributed by atoms with Crippen molar-refractivity contribution in [3.05, 3.63) is 64.4 Å². The van der Waals surface area contributed by atoms with Gasteiger partial charge in [-0.2, -0.15) is 0 Å². The van der Waals surface area contributed by atoms with Gasteiger partial charge in [0.05, 0.1) is 12.8 Å². The zero-order chi connectivity index (χ0) is 18.5. The molecule has 2 N–H and O–H groups in total. The molecule has 3 amide bonds. The molecule has 0 aliphatic heterocycles. The van der Waals surface area contributed by atoms with Crippen LogP contribution in [0.2, 0.25) is 0 Å². The highest BCUT2D eigenvalue weighted by molar-refractivity contribution is 5.95. The minimum atomic E-state index is -0.657. The van der Waals surface area contributed by atoms with Crippen LogP contribution in [0.25, 0.3) is 11.0 Å². The molecule has 8 nitrogen and oxygen atoms in total. The average Bonchev–Trinajstić information content (AvgIpc) is 3.11. The molecular weight excluding hydrogens is 340 g/mol. The third-order valence-corrected chi connectivity index (χ3v) is 3.55. The Kier molecular flexibility index (Phi) is 5.02. The molecule has 0 saturated carbocycles. The lowest BCUT2D eigenvalue weighted by Gasteiger charge is -2.08. The number of amides is 3. The first kappa shape index (κ1) is 17.3. The Bertz CT molecular complexity index is 991. The number of hydrogen-bond acceptors (Lipinski definition) is 6. The summed E-state index contributed by atoms with van der Waals surface area (Å²) < 4.78 is 15.5. The molecule has 8 heteroatoms. The predicted octanol–water partition coefficient (Wildman–Crippen LogP) is 2.10. The zero-order valence-electron chi connectivity index (χ0n) is 13.9. The van der Waals surface area contributed by atoms with Crippen LogP contribution in [0.1, 0.15) is 11.3 Å². The average molecular weight is 356 g/mol. The number of rotatable bonds is 5. The topological polar surface area (TPSA) is 111 Å². The Balaban J connectivity index is 1.53. The highest BCUT2D eigenvalue weighted by atomic mass is 16.5. The maximum atomic E-state index is 11.8. The molecule has 26 heavy (non-hydrogen) atoms. The van der Waals surface area contributed by atoms with Gasteiger partial charge >= 0.3 is 11.7 Å². The summed E-state index contributed by atoms with van der Waals surface area (Å²) >= 11 is 0. The molecule has 0 saturated heterocycles. The molecule has 2 aromatic heterocycles. The molecule has 1 aromatic carbocycles. The van der Waals surface area contributed by atoms with Gasteiger partial charge in [-0.1, -0.05) is 0 Å². The van der Waals surface area contributed by atoms with Gasteiger partial charge in [-0.05, 0) is 36.8 Å². The highest BCUT2D eigenvalue weighted by Crippen LogP contribution is 2.22. The summed E-state index contributed by atoms with van der Waals surface area (Å²) in [6.07, 6.45) is 1.49. The van der Waals surface area contributed by atoms with Gasteiger partial charge in [0.15, 0.2) is 6.61 Å². The van der Waals surface area contributed by atoms with Crippen LogP contribution in [0.4, 0.5) is 4.79 Å². The molecule has 0 atom stereocenters. The second-order valence-electron chi connectivity index (χ2n) is 5.51. The van der Waals surface area contributed by atoms with E-state index in [2.05, 4.69) is 10.6 Å². The molecule has 134 valence electrons. The van der Waals surface area contributed by atoms with Crippen LogP contribution in [-0.4, -0.2) is 18.5 Å². The molecule has 3 rings (SSSR count). The monoisotopic (exact) mass is 356 g/mol. The molecule has 0 bridgehead atoms. The smallest absolute Gasteiger partial charge is 0.336 e. The van der Waals surface area contributed by atoms with E-state index in [9.17, 15) is 14.4 Å². The Morgan fingerprint density at radius 3 is 2.81 bits per heavy atom. The summed E-state index contributed by atoms with van der Waals surface area (Å²) in [5, 5.41) is 5.40. The van der Waals surface area contributed by atoms with Gasteiger partial charge in [-0.25, -0.2) is 9.59 Å². The lowest BCUT2D eigenvalue weighted by atomic mass is 10.1. The van der Waals surface area contributed by atoms with Gasteiger partial charge < -0.3 is 18.9 Å². The Labute approximate surface area is 147 Å². The van der Waals surface area contributed by atoms with Gasteiger partial charge in [0, 0.05) is 17.5 Å². The molecule has 2 heterocycles. The number of fused-ring (bicyclic) bond motifs is 1. The predicted molar refractivity (Wildman–Crippen MR) is 91.8 cm³/mol. The van der Waals surface area contributed by atoms with Gasteiger partial charge in [0.2, 0.25) is 0 Å². The quantitative estimate of drug-likeness (QED) is 0.677. The Morgan fingerprint density at radius 1 is 1.19 bits per heavy atom. The van der Waals surface area contributed by atoms with Gasteiger partial charge in [0.25, 0.3) is 5.91 Å². The van der Waals surface area contributed by atoms with E-state index in [0.29, 0.717) is 17.1 Å². The van der Waals surface area contributed by atoms with Gasteiger partial charge in [-0.3, -0.25) is 10.1 Å². The van der Waals surface area contributed by atoms with Gasteiger partial charge in [0.1, 0.15) is 17.1 Å². The largest absolute Gasteiger partial charge is 0.484 e. The van der Waals surface area contributed by atoms with E-state index in [-0.39, 0.29) is 13.2 Å². The maximum Gasteiger partial charge on any atom is 0.336 e. The number of urea groups is 1. The van der Waals surface area contributed by atoms with Crippen LogP contribution in [0.3, 0.4) is 0 Å². The maximum absolute atomic E-state index is 11.8. The van der Waals surface area contributed by atoms with E-state index in [1.807, 2.05) is 0 Å². The van der Waals surface area contributed by atoms with Crippen molar-refractivity contribution in [3.63, 3.8) is 0 Å². The third-order valence-electron chi connectivity index (χ3n) is 3.55. The first-order chi connectivity index (χ1) is 12.5. The van der Waals surface area contributed by atoms with Crippen molar-refractivity contribution in [1.29, 1.82) is 0 Å². The molecule has 0 unspecified atom stereocenters. The van der Waals surface area contributed by atoms with Crippen molar-refractivity contribution in [2.75, 3.05) is 6.61 Å². The molecule has 0 aliphatic carbocycles. The lowest BCUT2D eigenvalue weighted by molar-refractivity contribution is -0.122. The fraction of sp³-hybridized carbons (Fsp3) is 0.167. The Morgan fingerprint density at radius 2 is 2.04 bits per heavy atom. The number of benzene rings is 1. The lowest BCUT2D eigenvalue weighted by Crippen LogP contribution is -2.41. The van der Waals surface area contributed by atoms with Crippen LogP contribution in [0, 0.1) is 6.92 Å². The number of hydrogen-bond donors (Lipinski definition) is 2. The van der Waals surface area contributed by atoms with E-state index in [1.165, 1.54) is 18.4 Å². The summed E-state index contributed by atoms with van der Waals surface area (Å²) in [6.45, 7) is 1.60. The van der Waals surface area contributed by atoms with Crippen molar-refractivity contribution < 1.29 is 23.2 Å². The van der Waals surface area contributed by atoms with Crippen LogP contribution in [-0.2, 0) is 11.3 Å². The normalized spacial score (nSPS) is 10.5. The fourth-order valence-corrected chi connectivity index (χ4v) is 2.33. The molecule has 0 fully saturated rings.